The van der Waals surface area contributed by atoms with E-state index in [4.69, 9.17) is 10.5 Å². The Hall–Kier alpha value is -1.68. The first-order valence-corrected chi connectivity index (χ1v) is 7.90. The Kier molecular flexibility index (Phi) is 5.12. The van der Waals surface area contributed by atoms with Crippen molar-refractivity contribution >= 4 is 33.0 Å². The van der Waals surface area contributed by atoms with E-state index in [0.717, 1.165) is 22.3 Å². The molecule has 21 heavy (non-hydrogen) atoms. The van der Waals surface area contributed by atoms with Gasteiger partial charge in [0.2, 0.25) is 0 Å². The Bertz CT molecular complexity index is 626. The highest BCUT2D eigenvalue weighted by Crippen LogP contribution is 2.30. The lowest BCUT2D eigenvalue weighted by Gasteiger charge is -2.16. The van der Waals surface area contributed by atoms with Crippen molar-refractivity contribution in [3.63, 3.8) is 0 Å². The zero-order valence-electron chi connectivity index (χ0n) is 12.6. The summed E-state index contributed by atoms with van der Waals surface area (Å²) in [6.07, 6.45) is 1.06. The molecule has 0 fully saturated rings. The van der Waals surface area contributed by atoms with Crippen LogP contribution in [0.25, 0.3) is 0 Å². The van der Waals surface area contributed by atoms with Gasteiger partial charge in [0, 0.05) is 21.9 Å². The van der Waals surface area contributed by atoms with E-state index in [2.05, 4.69) is 40.3 Å². The average molecular weight is 349 g/mol. The van der Waals surface area contributed by atoms with Crippen molar-refractivity contribution in [2.45, 2.75) is 33.3 Å². The van der Waals surface area contributed by atoms with Crippen LogP contribution in [0.2, 0.25) is 0 Å². The van der Waals surface area contributed by atoms with Crippen molar-refractivity contribution in [3.05, 3.63) is 46.4 Å². The van der Waals surface area contributed by atoms with Gasteiger partial charge in [-0.15, -0.1) is 0 Å². The number of nitrogen functional groups attached to an aromatic ring is 1. The van der Waals surface area contributed by atoms with Gasteiger partial charge in [-0.3, -0.25) is 0 Å². The summed E-state index contributed by atoms with van der Waals surface area (Å²) in [5.74, 6) is 0.713. The molecule has 3 nitrogen and oxygen atoms in total. The fourth-order valence-electron chi connectivity index (χ4n) is 2.10. The van der Waals surface area contributed by atoms with Crippen LogP contribution in [0.15, 0.2) is 40.9 Å². The molecule has 0 spiro atoms. The van der Waals surface area contributed by atoms with Crippen molar-refractivity contribution in [2.75, 3.05) is 11.1 Å². The summed E-state index contributed by atoms with van der Waals surface area (Å²) in [6.45, 7) is 6.12. The molecule has 0 unspecified atom stereocenters. The minimum atomic E-state index is 0.0985. The smallest absolute Gasteiger partial charge is 0.144 e. The van der Waals surface area contributed by atoms with E-state index in [1.807, 2.05) is 38.1 Å². The van der Waals surface area contributed by atoms with Crippen LogP contribution in [0.5, 0.6) is 5.75 Å². The van der Waals surface area contributed by atoms with Gasteiger partial charge < -0.3 is 15.8 Å². The molecule has 2 aromatic rings. The molecule has 0 aromatic heterocycles. The molecule has 0 radical (unpaired) electrons. The molecule has 0 saturated carbocycles. The minimum Gasteiger partial charge on any atom is -0.489 e. The lowest BCUT2D eigenvalue weighted by atomic mass is 10.1. The van der Waals surface area contributed by atoms with E-state index in [1.54, 1.807) is 0 Å². The van der Waals surface area contributed by atoms with Gasteiger partial charge in [0.1, 0.15) is 5.75 Å². The molecule has 0 saturated heterocycles. The van der Waals surface area contributed by atoms with Gasteiger partial charge in [-0.25, -0.2) is 0 Å². The Labute approximate surface area is 134 Å². The molecular formula is C17H21BrN2O. The number of aryl methyl sites for hydroxylation is 1. The van der Waals surface area contributed by atoms with Crippen LogP contribution in [0, 0.1) is 0 Å². The van der Waals surface area contributed by atoms with E-state index in [0.29, 0.717) is 11.4 Å². The van der Waals surface area contributed by atoms with Crippen LogP contribution < -0.4 is 15.8 Å². The van der Waals surface area contributed by atoms with Gasteiger partial charge in [-0.05, 0) is 56.2 Å². The summed E-state index contributed by atoms with van der Waals surface area (Å²) >= 11 is 3.51. The Morgan fingerprint density at radius 3 is 2.62 bits per heavy atom. The maximum Gasteiger partial charge on any atom is 0.144 e. The second-order valence-corrected chi connectivity index (χ2v) is 6.11. The lowest BCUT2D eigenvalue weighted by Crippen LogP contribution is -2.07. The highest BCUT2D eigenvalue weighted by molar-refractivity contribution is 9.10. The third-order valence-corrected chi connectivity index (χ3v) is 3.60. The Balaban J connectivity index is 2.27. The van der Waals surface area contributed by atoms with Crippen molar-refractivity contribution in [2.24, 2.45) is 0 Å². The third-order valence-electron chi connectivity index (χ3n) is 3.10. The molecule has 0 aliphatic carbocycles. The third kappa shape index (κ3) is 4.14. The molecule has 2 rings (SSSR count). The first kappa shape index (κ1) is 15.7. The van der Waals surface area contributed by atoms with Gasteiger partial charge in [-0.2, -0.15) is 0 Å². The van der Waals surface area contributed by atoms with E-state index in [-0.39, 0.29) is 6.10 Å². The SMILES string of the molecule is CCc1cc(Br)ccc1Nc1ccc(N)c(OC(C)C)c1. The summed E-state index contributed by atoms with van der Waals surface area (Å²) in [7, 11) is 0. The number of benzene rings is 2. The molecule has 2 aromatic carbocycles. The standard InChI is InChI=1S/C17H21BrN2O/c1-4-12-9-13(18)5-8-16(12)20-14-6-7-15(19)17(10-14)21-11(2)3/h5-11,20H,4,19H2,1-3H3. The fourth-order valence-corrected chi connectivity index (χ4v) is 2.51. The first-order chi connectivity index (χ1) is 9.99. The zero-order valence-corrected chi connectivity index (χ0v) is 14.2. The monoisotopic (exact) mass is 348 g/mol. The molecule has 0 bridgehead atoms. The zero-order chi connectivity index (χ0) is 15.4. The number of hydrogen-bond acceptors (Lipinski definition) is 3. The summed E-state index contributed by atoms with van der Waals surface area (Å²) in [5.41, 5.74) is 9.93. The normalized spacial score (nSPS) is 10.7. The van der Waals surface area contributed by atoms with Gasteiger partial charge in [0.25, 0.3) is 0 Å². The minimum absolute atomic E-state index is 0.0985. The van der Waals surface area contributed by atoms with Gasteiger partial charge in [0.15, 0.2) is 0 Å². The van der Waals surface area contributed by atoms with E-state index in [9.17, 15) is 0 Å². The van der Waals surface area contributed by atoms with E-state index < -0.39 is 0 Å². The lowest BCUT2D eigenvalue weighted by molar-refractivity contribution is 0.244. The van der Waals surface area contributed by atoms with Gasteiger partial charge >= 0.3 is 0 Å². The van der Waals surface area contributed by atoms with Crippen LogP contribution in [0.4, 0.5) is 17.1 Å². The van der Waals surface area contributed by atoms with E-state index in [1.165, 1.54) is 5.56 Å². The Morgan fingerprint density at radius 2 is 1.95 bits per heavy atom. The number of hydrogen-bond donors (Lipinski definition) is 2. The summed E-state index contributed by atoms with van der Waals surface area (Å²) < 4.78 is 6.82. The molecule has 0 aliphatic heterocycles. The number of anilines is 3. The molecule has 0 aliphatic rings. The summed E-state index contributed by atoms with van der Waals surface area (Å²) in [6, 6.07) is 12.0. The molecular weight excluding hydrogens is 328 g/mol. The van der Waals surface area contributed by atoms with Crippen LogP contribution in [-0.2, 0) is 6.42 Å². The average Bonchev–Trinajstić information content (AvgIpc) is 2.44. The number of rotatable bonds is 5. The molecule has 112 valence electrons. The molecule has 4 heteroatoms. The molecule has 3 N–H and O–H groups in total. The topological polar surface area (TPSA) is 47.3 Å². The predicted molar refractivity (Wildman–Crippen MR) is 93.4 cm³/mol. The highest BCUT2D eigenvalue weighted by atomic mass is 79.9. The quantitative estimate of drug-likeness (QED) is 0.736. The molecule has 0 heterocycles. The van der Waals surface area contributed by atoms with Crippen molar-refractivity contribution < 1.29 is 4.74 Å². The number of halogens is 1. The van der Waals surface area contributed by atoms with Crippen molar-refractivity contribution in [1.82, 2.24) is 0 Å². The summed E-state index contributed by atoms with van der Waals surface area (Å²) in [5, 5.41) is 3.44. The molecule has 0 atom stereocenters. The Morgan fingerprint density at radius 1 is 1.19 bits per heavy atom. The van der Waals surface area contributed by atoms with Crippen LogP contribution in [0.1, 0.15) is 26.3 Å². The van der Waals surface area contributed by atoms with Crippen molar-refractivity contribution in [3.8, 4) is 5.75 Å². The number of ether oxygens (including phenoxy) is 1. The van der Waals surface area contributed by atoms with Crippen molar-refractivity contribution in [1.29, 1.82) is 0 Å². The van der Waals surface area contributed by atoms with Gasteiger partial charge in [-0.1, -0.05) is 22.9 Å². The predicted octanol–water partition coefficient (Wildman–Crippen LogP) is 5.12. The molecule has 0 amide bonds. The number of nitrogens with one attached hydrogen (secondary N) is 1. The second kappa shape index (κ2) is 6.85. The van der Waals surface area contributed by atoms with Crippen LogP contribution in [0.3, 0.4) is 0 Å². The largest absolute Gasteiger partial charge is 0.489 e. The fraction of sp³-hybridized carbons (Fsp3) is 0.294. The first-order valence-electron chi connectivity index (χ1n) is 7.11. The maximum absolute atomic E-state index is 5.95. The van der Waals surface area contributed by atoms with E-state index >= 15 is 0 Å². The number of nitrogens with two attached hydrogens (primary N) is 1. The van der Waals surface area contributed by atoms with Crippen LogP contribution >= 0.6 is 15.9 Å². The maximum atomic E-state index is 5.95. The second-order valence-electron chi connectivity index (χ2n) is 5.20. The van der Waals surface area contributed by atoms with Gasteiger partial charge in [0.05, 0.1) is 11.8 Å². The summed E-state index contributed by atoms with van der Waals surface area (Å²) in [4.78, 5) is 0. The van der Waals surface area contributed by atoms with Crippen LogP contribution in [-0.4, -0.2) is 6.10 Å². The highest BCUT2D eigenvalue weighted by Gasteiger charge is 2.07.